The van der Waals surface area contributed by atoms with Gasteiger partial charge in [0.15, 0.2) is 0 Å². The number of hydrogen-bond donors (Lipinski definition) is 0. The Kier molecular flexibility index (Phi) is 6.53. The third kappa shape index (κ3) is 4.57. The number of para-hydroxylation sites is 1. The molecule has 2 nitrogen and oxygen atoms in total. The van der Waals surface area contributed by atoms with Gasteiger partial charge in [-0.1, -0.05) is 146 Å². The van der Waals surface area contributed by atoms with Crippen molar-refractivity contribution in [3.8, 4) is 44.9 Å². The lowest BCUT2D eigenvalue weighted by Crippen LogP contribution is -2.12. The summed E-state index contributed by atoms with van der Waals surface area (Å²) in [5.74, 6) is 1.80. The molecule has 0 bridgehead atoms. The zero-order chi connectivity index (χ0) is 33.0. The fraction of sp³-hybridized carbons (Fsp3) is 0. The van der Waals surface area contributed by atoms with Crippen molar-refractivity contribution in [1.29, 1.82) is 0 Å². The van der Waals surface area contributed by atoms with Crippen LogP contribution >= 0.6 is 0 Å². The van der Waals surface area contributed by atoms with Crippen LogP contribution in [0.5, 0.6) is 11.5 Å². The molecule has 0 atom stereocenters. The van der Waals surface area contributed by atoms with Crippen LogP contribution in [0.2, 0.25) is 0 Å². The Morgan fingerprint density at radius 3 is 1.82 bits per heavy atom. The Morgan fingerprint density at radius 2 is 0.940 bits per heavy atom. The molecule has 9 aromatic rings. The molecule has 0 amide bonds. The first-order chi connectivity index (χ1) is 24.8. The molecule has 0 N–H and O–H groups in total. The topological polar surface area (TPSA) is 12.5 Å². The smallest absolute Gasteiger partial charge is 0.135 e. The van der Waals surface area contributed by atoms with Crippen LogP contribution in [0.3, 0.4) is 0 Å². The van der Waals surface area contributed by atoms with Crippen LogP contribution in [0.4, 0.5) is 17.1 Å². The van der Waals surface area contributed by atoms with E-state index in [0.29, 0.717) is 0 Å². The van der Waals surface area contributed by atoms with Gasteiger partial charge < -0.3 is 9.64 Å². The van der Waals surface area contributed by atoms with E-state index in [2.05, 4.69) is 193 Å². The minimum atomic E-state index is 0.887. The van der Waals surface area contributed by atoms with Gasteiger partial charge in [-0.2, -0.15) is 0 Å². The average Bonchev–Trinajstić information content (AvgIpc) is 3.18. The zero-order valence-corrected chi connectivity index (χ0v) is 27.3. The third-order valence-corrected chi connectivity index (χ3v) is 10.0. The lowest BCUT2D eigenvalue weighted by Gasteiger charge is -2.29. The van der Waals surface area contributed by atoms with Crippen molar-refractivity contribution < 1.29 is 4.74 Å². The molecule has 0 saturated heterocycles. The summed E-state index contributed by atoms with van der Waals surface area (Å²) in [6.45, 7) is 0. The minimum Gasteiger partial charge on any atom is -0.456 e. The quantitative estimate of drug-likeness (QED) is 0.186. The van der Waals surface area contributed by atoms with Crippen molar-refractivity contribution in [2.24, 2.45) is 0 Å². The summed E-state index contributed by atoms with van der Waals surface area (Å²) in [6.07, 6.45) is 0. The number of rotatable bonds is 5. The molecule has 0 radical (unpaired) electrons. The number of nitrogens with zero attached hydrogens (tertiary/aromatic N) is 1. The third-order valence-electron chi connectivity index (χ3n) is 10.0. The summed E-state index contributed by atoms with van der Waals surface area (Å²) < 4.78 is 6.44. The highest BCUT2D eigenvalue weighted by Gasteiger charge is 2.22. The van der Waals surface area contributed by atoms with Gasteiger partial charge in [-0.05, 0) is 86.3 Å². The van der Waals surface area contributed by atoms with E-state index in [0.717, 1.165) is 45.3 Å². The van der Waals surface area contributed by atoms with Gasteiger partial charge in [-0.25, -0.2) is 0 Å². The van der Waals surface area contributed by atoms with Crippen molar-refractivity contribution in [2.75, 3.05) is 4.90 Å². The number of fused-ring (bicyclic) bond motifs is 4. The van der Waals surface area contributed by atoms with Crippen LogP contribution in [0.25, 0.3) is 65.7 Å². The van der Waals surface area contributed by atoms with Crippen molar-refractivity contribution in [3.05, 3.63) is 188 Å². The van der Waals surface area contributed by atoms with Crippen LogP contribution in [0, 0.1) is 0 Å². The highest BCUT2D eigenvalue weighted by Crippen LogP contribution is 2.49. The SMILES string of the molecule is c1cc(-c2ccc3c(c2)-c2cccc4cccc(c24)O3)cc(N(c2ccccc2-c2cccc3ccccc23)c2cccc3ccccc23)c1. The maximum Gasteiger partial charge on any atom is 0.135 e. The van der Waals surface area contributed by atoms with Crippen LogP contribution in [0.1, 0.15) is 0 Å². The molecule has 1 aliphatic heterocycles. The molecule has 0 fully saturated rings. The Hall–Kier alpha value is -6.64. The second kappa shape index (κ2) is 11.5. The fourth-order valence-corrected chi connectivity index (χ4v) is 7.74. The summed E-state index contributed by atoms with van der Waals surface area (Å²) in [7, 11) is 0. The monoisotopic (exact) mass is 637 g/mol. The van der Waals surface area contributed by atoms with Crippen molar-refractivity contribution in [3.63, 3.8) is 0 Å². The van der Waals surface area contributed by atoms with Gasteiger partial charge in [0.25, 0.3) is 0 Å². The summed E-state index contributed by atoms with van der Waals surface area (Å²) in [5, 5.41) is 7.23. The minimum absolute atomic E-state index is 0.887. The molecule has 0 spiro atoms. The number of benzene rings is 9. The van der Waals surface area contributed by atoms with Gasteiger partial charge in [0.2, 0.25) is 0 Å². The van der Waals surface area contributed by atoms with E-state index in [-0.39, 0.29) is 0 Å². The number of hydrogen-bond acceptors (Lipinski definition) is 2. The van der Waals surface area contributed by atoms with E-state index in [9.17, 15) is 0 Å². The Labute approximate surface area is 291 Å². The highest BCUT2D eigenvalue weighted by molar-refractivity contribution is 6.06. The maximum atomic E-state index is 6.44. The molecule has 50 heavy (non-hydrogen) atoms. The Balaban J connectivity index is 1.17. The van der Waals surface area contributed by atoms with Gasteiger partial charge in [-0.3, -0.25) is 0 Å². The predicted molar refractivity (Wildman–Crippen MR) is 210 cm³/mol. The van der Waals surface area contributed by atoms with E-state index in [4.69, 9.17) is 4.74 Å². The zero-order valence-electron chi connectivity index (χ0n) is 27.3. The van der Waals surface area contributed by atoms with Crippen molar-refractivity contribution in [2.45, 2.75) is 0 Å². The average molecular weight is 638 g/mol. The molecule has 10 rings (SSSR count). The van der Waals surface area contributed by atoms with Gasteiger partial charge >= 0.3 is 0 Å². The molecule has 234 valence electrons. The predicted octanol–water partition coefficient (Wildman–Crippen LogP) is 13.7. The summed E-state index contributed by atoms with van der Waals surface area (Å²) in [6, 6.07) is 67.6. The van der Waals surface area contributed by atoms with Gasteiger partial charge in [0.05, 0.1) is 11.4 Å². The van der Waals surface area contributed by atoms with Crippen LogP contribution < -0.4 is 9.64 Å². The first-order valence-corrected chi connectivity index (χ1v) is 17.1. The van der Waals surface area contributed by atoms with Crippen LogP contribution in [0.15, 0.2) is 188 Å². The van der Waals surface area contributed by atoms with Crippen LogP contribution in [-0.4, -0.2) is 0 Å². The molecule has 0 aromatic heterocycles. The highest BCUT2D eigenvalue weighted by atomic mass is 16.5. The number of anilines is 3. The first-order valence-electron chi connectivity index (χ1n) is 17.1. The summed E-state index contributed by atoms with van der Waals surface area (Å²) >= 11 is 0. The lowest BCUT2D eigenvalue weighted by molar-refractivity contribution is 0.487. The van der Waals surface area contributed by atoms with E-state index < -0.39 is 0 Å². The normalized spacial score (nSPS) is 11.8. The van der Waals surface area contributed by atoms with E-state index in [1.807, 2.05) is 0 Å². The van der Waals surface area contributed by atoms with E-state index >= 15 is 0 Å². The molecule has 1 aliphatic rings. The summed E-state index contributed by atoms with van der Waals surface area (Å²) in [4.78, 5) is 2.43. The Bertz CT molecular complexity index is 2750. The van der Waals surface area contributed by atoms with Crippen molar-refractivity contribution >= 4 is 49.4 Å². The fourth-order valence-electron chi connectivity index (χ4n) is 7.74. The second-order valence-electron chi connectivity index (χ2n) is 12.9. The standard InChI is InChI=1S/C48H31NO/c1-3-20-38-32(12-1)14-8-23-40(38)41-22-5-6-25-45(41)49(44-26-10-15-33-13-2-4-21-39(33)44)37-19-7-18-35(30-37)36-28-29-46-43(31-36)42-24-9-16-34-17-11-27-47(50-46)48(34)42/h1-31H. The lowest BCUT2D eigenvalue weighted by atomic mass is 9.92. The van der Waals surface area contributed by atoms with Gasteiger partial charge in [0, 0.05) is 27.6 Å². The molecular weight excluding hydrogens is 607 g/mol. The molecule has 9 aromatic carbocycles. The van der Waals surface area contributed by atoms with Gasteiger partial charge in [-0.15, -0.1) is 0 Å². The van der Waals surface area contributed by atoms with Gasteiger partial charge in [0.1, 0.15) is 11.5 Å². The maximum absolute atomic E-state index is 6.44. The van der Waals surface area contributed by atoms with E-state index in [1.165, 1.54) is 49.0 Å². The van der Waals surface area contributed by atoms with Crippen molar-refractivity contribution in [1.82, 2.24) is 0 Å². The second-order valence-corrected chi connectivity index (χ2v) is 12.9. The number of ether oxygens (including phenoxy) is 1. The van der Waals surface area contributed by atoms with Crippen LogP contribution in [-0.2, 0) is 0 Å². The first kappa shape index (κ1) is 28.4. The summed E-state index contributed by atoms with van der Waals surface area (Å²) in [5.41, 5.74) is 10.4. The molecule has 0 unspecified atom stereocenters. The van der Waals surface area contributed by atoms with E-state index in [1.54, 1.807) is 0 Å². The largest absolute Gasteiger partial charge is 0.456 e. The molecule has 0 saturated carbocycles. The molecule has 1 heterocycles. The molecule has 0 aliphatic carbocycles. The molecular formula is C48H31NO. The molecule has 2 heteroatoms. The Morgan fingerprint density at radius 1 is 0.340 bits per heavy atom.